The van der Waals surface area contributed by atoms with Crippen molar-refractivity contribution in [2.24, 2.45) is 11.7 Å². The summed E-state index contributed by atoms with van der Waals surface area (Å²) in [6, 6.07) is 1.22. The molecule has 2 rings (SSSR count). The van der Waals surface area contributed by atoms with Gasteiger partial charge in [-0.05, 0) is 45.1 Å². The van der Waals surface area contributed by atoms with Crippen LogP contribution in [0.15, 0.2) is 0 Å². The SMILES string of the molecule is CC1CCCCCN1CC(N)C1CC1. The van der Waals surface area contributed by atoms with Crippen molar-refractivity contribution in [2.45, 2.75) is 57.5 Å². The third-order valence-corrected chi connectivity index (χ3v) is 3.86. The van der Waals surface area contributed by atoms with E-state index < -0.39 is 0 Å². The maximum Gasteiger partial charge on any atom is 0.0196 e. The van der Waals surface area contributed by atoms with Crippen molar-refractivity contribution in [3.63, 3.8) is 0 Å². The Bertz CT molecular complexity index is 177. The zero-order valence-electron chi connectivity index (χ0n) is 9.41. The molecule has 0 spiro atoms. The number of likely N-dealkylation sites (tertiary alicyclic amines) is 1. The van der Waals surface area contributed by atoms with Crippen molar-refractivity contribution >= 4 is 0 Å². The van der Waals surface area contributed by atoms with Gasteiger partial charge in [-0.25, -0.2) is 0 Å². The van der Waals surface area contributed by atoms with E-state index in [1.807, 2.05) is 0 Å². The fourth-order valence-electron chi connectivity index (χ4n) is 2.55. The van der Waals surface area contributed by atoms with Crippen molar-refractivity contribution in [1.29, 1.82) is 0 Å². The lowest BCUT2D eigenvalue weighted by Crippen LogP contribution is -2.43. The fourth-order valence-corrected chi connectivity index (χ4v) is 2.55. The lowest BCUT2D eigenvalue weighted by molar-refractivity contribution is 0.195. The molecule has 2 N–H and O–H groups in total. The molecular weight excluding hydrogens is 172 g/mol. The molecule has 2 fully saturated rings. The largest absolute Gasteiger partial charge is 0.326 e. The standard InChI is InChI=1S/C12H24N2/c1-10-5-3-2-4-8-14(10)9-12(13)11-6-7-11/h10-12H,2-9,13H2,1H3. The average molecular weight is 196 g/mol. The summed E-state index contributed by atoms with van der Waals surface area (Å²) >= 11 is 0. The smallest absolute Gasteiger partial charge is 0.0196 e. The van der Waals surface area contributed by atoms with Crippen LogP contribution in [0.4, 0.5) is 0 Å². The maximum atomic E-state index is 6.18. The van der Waals surface area contributed by atoms with E-state index >= 15 is 0 Å². The van der Waals surface area contributed by atoms with E-state index in [-0.39, 0.29) is 0 Å². The Morgan fingerprint density at radius 2 is 2.00 bits per heavy atom. The van der Waals surface area contributed by atoms with Gasteiger partial charge in [-0.1, -0.05) is 12.8 Å². The van der Waals surface area contributed by atoms with Crippen molar-refractivity contribution in [3.05, 3.63) is 0 Å². The summed E-state index contributed by atoms with van der Waals surface area (Å²) in [5, 5.41) is 0. The lowest BCUT2D eigenvalue weighted by Gasteiger charge is -2.29. The van der Waals surface area contributed by atoms with Gasteiger partial charge in [0.25, 0.3) is 0 Å². The molecule has 82 valence electrons. The highest BCUT2D eigenvalue weighted by molar-refractivity contribution is 4.87. The van der Waals surface area contributed by atoms with Crippen LogP contribution in [0, 0.1) is 5.92 Å². The van der Waals surface area contributed by atoms with Crippen LogP contribution in [-0.2, 0) is 0 Å². The van der Waals surface area contributed by atoms with E-state index in [1.165, 1.54) is 45.1 Å². The summed E-state index contributed by atoms with van der Waals surface area (Å²) in [5.74, 6) is 0.852. The first kappa shape index (κ1) is 10.4. The second-order valence-electron chi connectivity index (χ2n) is 5.19. The molecule has 1 aliphatic carbocycles. The van der Waals surface area contributed by atoms with Gasteiger partial charge in [0, 0.05) is 18.6 Å². The average Bonchev–Trinajstić information content (AvgIpc) is 2.95. The first-order valence-electron chi connectivity index (χ1n) is 6.27. The van der Waals surface area contributed by atoms with Crippen LogP contribution in [-0.4, -0.2) is 30.1 Å². The van der Waals surface area contributed by atoms with Crippen LogP contribution < -0.4 is 5.73 Å². The summed E-state index contributed by atoms with van der Waals surface area (Å²) in [6.45, 7) is 4.79. The Kier molecular flexibility index (Phi) is 3.45. The fraction of sp³-hybridized carbons (Fsp3) is 1.00. The summed E-state index contributed by atoms with van der Waals surface area (Å²) in [7, 11) is 0. The van der Waals surface area contributed by atoms with Crippen LogP contribution in [0.1, 0.15) is 45.4 Å². The molecule has 0 aromatic rings. The quantitative estimate of drug-likeness (QED) is 0.748. The highest BCUT2D eigenvalue weighted by Crippen LogP contribution is 2.32. The number of hydrogen-bond donors (Lipinski definition) is 1. The van der Waals surface area contributed by atoms with Crippen molar-refractivity contribution < 1.29 is 0 Å². The van der Waals surface area contributed by atoms with E-state index in [4.69, 9.17) is 5.73 Å². The predicted molar refractivity (Wildman–Crippen MR) is 60.2 cm³/mol. The first-order chi connectivity index (χ1) is 6.77. The van der Waals surface area contributed by atoms with Gasteiger partial charge in [0.1, 0.15) is 0 Å². The van der Waals surface area contributed by atoms with Crippen LogP contribution in [0.5, 0.6) is 0 Å². The Balaban J connectivity index is 1.80. The minimum Gasteiger partial charge on any atom is -0.326 e. The zero-order valence-corrected chi connectivity index (χ0v) is 9.41. The molecule has 2 heteroatoms. The molecule has 1 saturated carbocycles. The molecule has 1 saturated heterocycles. The number of nitrogens with zero attached hydrogens (tertiary/aromatic N) is 1. The molecule has 0 radical (unpaired) electrons. The van der Waals surface area contributed by atoms with Gasteiger partial charge in [-0.15, -0.1) is 0 Å². The second kappa shape index (κ2) is 4.63. The van der Waals surface area contributed by atoms with Crippen molar-refractivity contribution in [2.75, 3.05) is 13.1 Å². The minimum absolute atomic E-state index is 0.454. The summed E-state index contributed by atoms with van der Waals surface area (Å²) in [4.78, 5) is 2.62. The van der Waals surface area contributed by atoms with Gasteiger partial charge >= 0.3 is 0 Å². The Morgan fingerprint density at radius 1 is 1.21 bits per heavy atom. The van der Waals surface area contributed by atoms with Gasteiger partial charge < -0.3 is 5.73 Å². The Morgan fingerprint density at radius 3 is 2.71 bits per heavy atom. The first-order valence-corrected chi connectivity index (χ1v) is 6.27. The molecular formula is C12H24N2. The molecule has 2 aliphatic rings. The maximum absolute atomic E-state index is 6.18. The van der Waals surface area contributed by atoms with Crippen LogP contribution >= 0.6 is 0 Å². The molecule has 2 unspecified atom stereocenters. The van der Waals surface area contributed by atoms with Crippen LogP contribution in [0.2, 0.25) is 0 Å². The lowest BCUT2D eigenvalue weighted by atomic mass is 10.1. The Labute approximate surface area is 87.8 Å². The molecule has 0 amide bonds. The monoisotopic (exact) mass is 196 g/mol. The number of hydrogen-bond acceptors (Lipinski definition) is 2. The van der Waals surface area contributed by atoms with Crippen molar-refractivity contribution in [3.8, 4) is 0 Å². The van der Waals surface area contributed by atoms with Crippen molar-refractivity contribution in [1.82, 2.24) is 4.90 Å². The molecule has 0 bridgehead atoms. The third-order valence-electron chi connectivity index (χ3n) is 3.86. The van der Waals surface area contributed by atoms with Gasteiger partial charge in [-0.3, -0.25) is 4.90 Å². The third kappa shape index (κ3) is 2.71. The molecule has 0 aromatic heterocycles. The summed E-state index contributed by atoms with van der Waals surface area (Å²) in [5.41, 5.74) is 6.18. The number of rotatable bonds is 3. The summed E-state index contributed by atoms with van der Waals surface area (Å²) in [6.07, 6.45) is 8.34. The van der Waals surface area contributed by atoms with Gasteiger partial charge in [0.05, 0.1) is 0 Å². The van der Waals surface area contributed by atoms with E-state index in [2.05, 4.69) is 11.8 Å². The predicted octanol–water partition coefficient (Wildman–Crippen LogP) is 1.99. The van der Waals surface area contributed by atoms with E-state index in [1.54, 1.807) is 0 Å². The molecule has 1 aliphatic heterocycles. The molecule has 14 heavy (non-hydrogen) atoms. The van der Waals surface area contributed by atoms with Crippen LogP contribution in [0.3, 0.4) is 0 Å². The topological polar surface area (TPSA) is 29.3 Å². The van der Waals surface area contributed by atoms with Gasteiger partial charge in [0.15, 0.2) is 0 Å². The minimum atomic E-state index is 0.454. The second-order valence-corrected chi connectivity index (χ2v) is 5.19. The summed E-state index contributed by atoms with van der Waals surface area (Å²) < 4.78 is 0. The molecule has 2 atom stereocenters. The van der Waals surface area contributed by atoms with Crippen LogP contribution in [0.25, 0.3) is 0 Å². The van der Waals surface area contributed by atoms with E-state index in [0.717, 1.165) is 18.5 Å². The molecule has 0 aromatic carbocycles. The normalized spacial score (nSPS) is 32.6. The van der Waals surface area contributed by atoms with Gasteiger partial charge in [-0.2, -0.15) is 0 Å². The highest BCUT2D eigenvalue weighted by atomic mass is 15.2. The van der Waals surface area contributed by atoms with E-state index in [0.29, 0.717) is 6.04 Å². The highest BCUT2D eigenvalue weighted by Gasteiger charge is 2.30. The van der Waals surface area contributed by atoms with Gasteiger partial charge in [0.2, 0.25) is 0 Å². The van der Waals surface area contributed by atoms with E-state index in [9.17, 15) is 0 Å². The zero-order chi connectivity index (χ0) is 9.97. The molecule has 1 heterocycles. The Hall–Kier alpha value is -0.0800. The molecule has 2 nitrogen and oxygen atoms in total. The number of nitrogens with two attached hydrogens (primary N) is 1.